The minimum absolute atomic E-state index is 0.176. The van der Waals surface area contributed by atoms with Gasteiger partial charge in [-0.25, -0.2) is 8.42 Å². The molecule has 0 atom stereocenters. The quantitative estimate of drug-likeness (QED) is 0.818. The van der Waals surface area contributed by atoms with E-state index in [1.165, 1.54) is 12.1 Å². The van der Waals surface area contributed by atoms with Gasteiger partial charge in [0, 0.05) is 12.2 Å². The van der Waals surface area contributed by atoms with Gasteiger partial charge in [0.05, 0.1) is 5.75 Å². The zero-order valence-electron chi connectivity index (χ0n) is 11.9. The van der Waals surface area contributed by atoms with Crippen LogP contribution in [-0.2, 0) is 15.8 Å². The SMILES string of the molecule is CC(C)CN(CC(F)(F)F)S(=O)(=O)Cc1cccc(N)c1. The number of nitrogens with zero attached hydrogens (tertiary/aromatic N) is 1. The number of rotatable bonds is 6. The molecule has 0 bridgehead atoms. The number of alkyl halides is 3. The van der Waals surface area contributed by atoms with Gasteiger partial charge < -0.3 is 5.73 Å². The molecule has 1 aromatic carbocycles. The van der Waals surface area contributed by atoms with Gasteiger partial charge in [-0.3, -0.25) is 0 Å². The lowest BCUT2D eigenvalue weighted by Gasteiger charge is -2.25. The molecule has 0 fully saturated rings. The lowest BCUT2D eigenvalue weighted by Crippen LogP contribution is -2.41. The first-order chi connectivity index (χ1) is 9.49. The molecule has 0 unspecified atom stereocenters. The molecule has 0 radical (unpaired) electrons. The predicted octanol–water partition coefficient (Wildman–Crippen LogP) is 2.62. The molecule has 0 amide bonds. The number of anilines is 1. The van der Waals surface area contributed by atoms with Gasteiger partial charge >= 0.3 is 6.18 Å². The van der Waals surface area contributed by atoms with E-state index in [1.807, 2.05) is 0 Å². The van der Waals surface area contributed by atoms with Crippen molar-refractivity contribution in [1.29, 1.82) is 0 Å². The highest BCUT2D eigenvalue weighted by Gasteiger charge is 2.36. The molecule has 1 aromatic rings. The number of nitrogen functional groups attached to an aromatic ring is 1. The van der Waals surface area contributed by atoms with Crippen LogP contribution in [0.2, 0.25) is 0 Å². The smallest absolute Gasteiger partial charge is 0.399 e. The van der Waals surface area contributed by atoms with Crippen molar-refractivity contribution in [3.05, 3.63) is 29.8 Å². The molecule has 4 nitrogen and oxygen atoms in total. The van der Waals surface area contributed by atoms with E-state index >= 15 is 0 Å². The van der Waals surface area contributed by atoms with Crippen molar-refractivity contribution < 1.29 is 21.6 Å². The van der Waals surface area contributed by atoms with Gasteiger partial charge in [-0.1, -0.05) is 26.0 Å². The topological polar surface area (TPSA) is 63.4 Å². The summed E-state index contributed by atoms with van der Waals surface area (Å²) in [6.45, 7) is 1.68. The van der Waals surface area contributed by atoms with Gasteiger partial charge in [0.25, 0.3) is 0 Å². The molecule has 0 heterocycles. The number of halogens is 3. The fourth-order valence-electron chi connectivity index (χ4n) is 1.87. The first-order valence-corrected chi connectivity index (χ1v) is 7.99. The van der Waals surface area contributed by atoms with Crippen molar-refractivity contribution in [2.24, 2.45) is 5.92 Å². The zero-order valence-corrected chi connectivity index (χ0v) is 12.7. The lowest BCUT2D eigenvalue weighted by molar-refractivity contribution is -0.136. The average Bonchev–Trinajstić information content (AvgIpc) is 2.24. The summed E-state index contributed by atoms with van der Waals surface area (Å²) >= 11 is 0. The molecule has 0 aromatic heterocycles. The molecule has 0 saturated heterocycles. The Hall–Kier alpha value is -1.28. The van der Waals surface area contributed by atoms with Crippen molar-refractivity contribution in [1.82, 2.24) is 4.31 Å². The molecular formula is C13H19F3N2O2S. The highest BCUT2D eigenvalue weighted by molar-refractivity contribution is 7.88. The first-order valence-electron chi connectivity index (χ1n) is 6.38. The molecular weight excluding hydrogens is 305 g/mol. The van der Waals surface area contributed by atoms with Crippen LogP contribution in [0, 0.1) is 5.92 Å². The van der Waals surface area contributed by atoms with Crippen molar-refractivity contribution in [3.8, 4) is 0 Å². The molecule has 2 N–H and O–H groups in total. The number of hydrogen-bond donors (Lipinski definition) is 1. The standard InChI is InChI=1S/C13H19F3N2O2S/c1-10(2)7-18(9-13(14,15)16)21(19,20)8-11-4-3-5-12(17)6-11/h3-6,10H,7-9,17H2,1-2H3. The van der Waals surface area contributed by atoms with E-state index in [-0.39, 0.29) is 12.5 Å². The van der Waals surface area contributed by atoms with E-state index < -0.39 is 28.5 Å². The summed E-state index contributed by atoms with van der Waals surface area (Å²) in [7, 11) is -4.06. The Balaban J connectivity index is 2.98. The van der Waals surface area contributed by atoms with E-state index in [4.69, 9.17) is 5.73 Å². The van der Waals surface area contributed by atoms with Crippen molar-refractivity contribution in [3.63, 3.8) is 0 Å². The maximum atomic E-state index is 12.6. The third-order valence-electron chi connectivity index (χ3n) is 2.62. The maximum absolute atomic E-state index is 12.6. The first kappa shape index (κ1) is 17.8. The number of sulfonamides is 1. The minimum atomic E-state index is -4.57. The molecule has 0 aliphatic heterocycles. The third kappa shape index (κ3) is 6.34. The Bertz CT molecular complexity index is 571. The van der Waals surface area contributed by atoms with Crippen LogP contribution in [-0.4, -0.2) is 32.0 Å². The van der Waals surface area contributed by atoms with Crippen LogP contribution in [0.1, 0.15) is 19.4 Å². The summed E-state index contributed by atoms with van der Waals surface area (Å²) in [5.74, 6) is -0.705. The fraction of sp³-hybridized carbons (Fsp3) is 0.538. The molecule has 8 heteroatoms. The van der Waals surface area contributed by atoms with E-state index in [0.717, 1.165) is 0 Å². The van der Waals surface area contributed by atoms with Gasteiger partial charge in [-0.15, -0.1) is 0 Å². The molecule has 1 rings (SSSR count). The van der Waals surface area contributed by atoms with Crippen LogP contribution in [0.25, 0.3) is 0 Å². The van der Waals surface area contributed by atoms with Crippen LogP contribution in [0.4, 0.5) is 18.9 Å². The Morgan fingerprint density at radius 1 is 1.29 bits per heavy atom. The second kappa shape index (κ2) is 6.65. The normalized spacial score (nSPS) is 13.1. The summed E-state index contributed by atoms with van der Waals surface area (Å²) in [6.07, 6.45) is -4.57. The van der Waals surface area contributed by atoms with E-state index in [9.17, 15) is 21.6 Å². The Kier molecular flexibility index (Phi) is 5.63. The van der Waals surface area contributed by atoms with Crippen LogP contribution in [0.3, 0.4) is 0 Å². The average molecular weight is 324 g/mol. The second-order valence-corrected chi connectivity index (χ2v) is 7.27. The zero-order chi connectivity index (χ0) is 16.3. The number of nitrogens with two attached hydrogens (primary N) is 1. The van der Waals surface area contributed by atoms with Gasteiger partial charge in [0.2, 0.25) is 10.0 Å². The minimum Gasteiger partial charge on any atom is -0.399 e. The summed E-state index contributed by atoms with van der Waals surface area (Å²) in [5.41, 5.74) is 6.28. The van der Waals surface area contributed by atoms with Crippen LogP contribution in [0.15, 0.2) is 24.3 Å². The van der Waals surface area contributed by atoms with Gasteiger partial charge in [0.1, 0.15) is 6.54 Å². The molecule has 0 aliphatic rings. The van der Waals surface area contributed by atoms with Crippen LogP contribution in [0.5, 0.6) is 0 Å². The van der Waals surface area contributed by atoms with E-state index in [2.05, 4.69) is 0 Å². The van der Waals surface area contributed by atoms with Crippen LogP contribution < -0.4 is 5.73 Å². The van der Waals surface area contributed by atoms with Crippen molar-refractivity contribution >= 4 is 15.7 Å². The lowest BCUT2D eigenvalue weighted by atomic mass is 10.2. The molecule has 120 valence electrons. The monoisotopic (exact) mass is 324 g/mol. The predicted molar refractivity (Wildman–Crippen MR) is 75.9 cm³/mol. The summed E-state index contributed by atoms with van der Waals surface area (Å²) in [4.78, 5) is 0. The van der Waals surface area contributed by atoms with Gasteiger partial charge in [-0.2, -0.15) is 17.5 Å². The molecule has 21 heavy (non-hydrogen) atoms. The largest absolute Gasteiger partial charge is 0.402 e. The number of hydrogen-bond acceptors (Lipinski definition) is 3. The summed E-state index contributed by atoms with van der Waals surface area (Å²) in [6, 6.07) is 6.11. The Morgan fingerprint density at radius 3 is 2.38 bits per heavy atom. The molecule has 0 spiro atoms. The third-order valence-corrected chi connectivity index (χ3v) is 4.38. The van der Waals surface area contributed by atoms with Gasteiger partial charge in [0.15, 0.2) is 0 Å². The molecule has 0 aliphatic carbocycles. The summed E-state index contributed by atoms with van der Waals surface area (Å²) < 4.78 is 62.6. The second-order valence-electron chi connectivity index (χ2n) is 5.30. The summed E-state index contributed by atoms with van der Waals surface area (Å²) in [5, 5.41) is 0. The highest BCUT2D eigenvalue weighted by atomic mass is 32.2. The number of benzene rings is 1. The van der Waals surface area contributed by atoms with Crippen LogP contribution >= 0.6 is 0 Å². The fourth-order valence-corrected chi connectivity index (χ4v) is 3.52. The maximum Gasteiger partial charge on any atom is 0.402 e. The van der Waals surface area contributed by atoms with E-state index in [0.29, 0.717) is 15.6 Å². The molecule has 0 saturated carbocycles. The van der Waals surface area contributed by atoms with Gasteiger partial charge in [-0.05, 0) is 23.6 Å². The van der Waals surface area contributed by atoms with Crippen molar-refractivity contribution in [2.75, 3.05) is 18.8 Å². The van der Waals surface area contributed by atoms with E-state index in [1.54, 1.807) is 26.0 Å². The Labute approximate surface area is 122 Å². The Morgan fingerprint density at radius 2 is 1.90 bits per heavy atom. The van der Waals surface area contributed by atoms with Crippen molar-refractivity contribution in [2.45, 2.75) is 25.8 Å². The highest BCUT2D eigenvalue weighted by Crippen LogP contribution is 2.22.